The van der Waals surface area contributed by atoms with Crippen molar-refractivity contribution in [3.05, 3.63) is 33.9 Å². The molecule has 152 valence electrons. The van der Waals surface area contributed by atoms with E-state index in [1.165, 1.54) is 6.07 Å². The number of nitro groups is 1. The van der Waals surface area contributed by atoms with Gasteiger partial charge in [-0.15, -0.1) is 0 Å². The lowest BCUT2D eigenvalue weighted by Crippen LogP contribution is -2.47. The summed E-state index contributed by atoms with van der Waals surface area (Å²) in [6.45, 7) is 3.89. The Morgan fingerprint density at radius 1 is 1.00 bits per heavy atom. The number of hydrogen-bond acceptors (Lipinski definition) is 6. The van der Waals surface area contributed by atoms with Crippen LogP contribution in [0.25, 0.3) is 0 Å². The van der Waals surface area contributed by atoms with Gasteiger partial charge in [-0.2, -0.15) is 0 Å². The number of nitrogens with zero attached hydrogens (tertiary/aromatic N) is 3. The Balaban J connectivity index is 1.50. The van der Waals surface area contributed by atoms with Crippen molar-refractivity contribution in [1.29, 1.82) is 0 Å². The van der Waals surface area contributed by atoms with Gasteiger partial charge < -0.3 is 19.3 Å². The monoisotopic (exact) mass is 389 g/mol. The normalized spacial score (nSPS) is 22.3. The molecule has 1 spiro atoms. The first-order valence-corrected chi connectivity index (χ1v) is 10.2. The van der Waals surface area contributed by atoms with Crippen LogP contribution in [0.2, 0.25) is 0 Å². The Labute approximate surface area is 164 Å². The Morgan fingerprint density at radius 2 is 1.64 bits per heavy atom. The Morgan fingerprint density at radius 3 is 2.25 bits per heavy atom. The molecule has 8 heteroatoms. The molecule has 4 rings (SSSR count). The molecule has 0 atom stereocenters. The van der Waals surface area contributed by atoms with E-state index in [1.807, 2.05) is 0 Å². The van der Waals surface area contributed by atoms with E-state index < -0.39 is 5.79 Å². The summed E-state index contributed by atoms with van der Waals surface area (Å²) in [6.07, 6.45) is 5.66. The number of carbonyl (C=O) groups excluding carboxylic acids is 1. The molecule has 3 heterocycles. The number of hydrogen-bond donors (Lipinski definition) is 0. The molecule has 0 radical (unpaired) electrons. The van der Waals surface area contributed by atoms with Gasteiger partial charge in [0.25, 0.3) is 11.6 Å². The number of likely N-dealkylation sites (tertiary alicyclic amines) is 1. The van der Waals surface area contributed by atoms with Gasteiger partial charge in [0.05, 0.1) is 18.1 Å². The number of nitro benzene ring substituents is 1. The van der Waals surface area contributed by atoms with Crippen LogP contribution < -0.4 is 4.90 Å². The predicted molar refractivity (Wildman–Crippen MR) is 104 cm³/mol. The van der Waals surface area contributed by atoms with Crippen molar-refractivity contribution in [3.63, 3.8) is 0 Å². The van der Waals surface area contributed by atoms with Crippen molar-refractivity contribution < 1.29 is 19.2 Å². The average Bonchev–Trinajstić information content (AvgIpc) is 2.99. The van der Waals surface area contributed by atoms with E-state index in [2.05, 4.69) is 4.90 Å². The highest BCUT2D eigenvalue weighted by Crippen LogP contribution is 2.34. The zero-order valence-electron chi connectivity index (χ0n) is 16.1. The third-order valence-corrected chi connectivity index (χ3v) is 5.99. The third kappa shape index (κ3) is 3.84. The lowest BCUT2D eigenvalue weighted by Gasteiger charge is -2.37. The van der Waals surface area contributed by atoms with Crippen LogP contribution in [0, 0.1) is 10.1 Å². The number of piperidine rings is 1. The van der Waals surface area contributed by atoms with E-state index in [0.717, 1.165) is 38.8 Å². The molecule has 28 heavy (non-hydrogen) atoms. The SMILES string of the molecule is O=C(c1ccc(N2CCCCCC2)c([N+](=O)[O-])c1)N1CCC2(CC1)OCCO2. The van der Waals surface area contributed by atoms with Crippen LogP contribution in [0.1, 0.15) is 48.9 Å². The molecule has 3 aliphatic rings. The van der Waals surface area contributed by atoms with Gasteiger partial charge in [-0.05, 0) is 25.0 Å². The first-order valence-electron chi connectivity index (χ1n) is 10.2. The van der Waals surface area contributed by atoms with Crippen LogP contribution in [-0.4, -0.2) is 60.9 Å². The first-order chi connectivity index (χ1) is 13.6. The molecule has 1 aromatic carbocycles. The second kappa shape index (κ2) is 8.05. The lowest BCUT2D eigenvalue weighted by atomic mass is 10.0. The highest BCUT2D eigenvalue weighted by Gasteiger charge is 2.41. The molecule has 0 aromatic heterocycles. The van der Waals surface area contributed by atoms with Gasteiger partial charge in [-0.3, -0.25) is 14.9 Å². The minimum absolute atomic E-state index is 0.0173. The van der Waals surface area contributed by atoms with Crippen LogP contribution in [0.5, 0.6) is 0 Å². The second-order valence-corrected chi connectivity index (χ2v) is 7.76. The van der Waals surface area contributed by atoms with Gasteiger partial charge in [-0.25, -0.2) is 0 Å². The van der Waals surface area contributed by atoms with Crippen LogP contribution in [0.15, 0.2) is 18.2 Å². The summed E-state index contributed by atoms with van der Waals surface area (Å²) in [6, 6.07) is 4.91. The standard InChI is InChI=1S/C20H27N3O5/c24-19(22-11-7-20(8-12-22)27-13-14-28-20)16-5-6-17(18(15-16)23(25)26)21-9-3-1-2-4-10-21/h5-6,15H,1-4,7-14H2. The summed E-state index contributed by atoms with van der Waals surface area (Å²) in [7, 11) is 0. The van der Waals surface area contributed by atoms with Crippen molar-refractivity contribution in [2.24, 2.45) is 0 Å². The molecular formula is C20H27N3O5. The van der Waals surface area contributed by atoms with Gasteiger partial charge in [0.1, 0.15) is 5.69 Å². The topological polar surface area (TPSA) is 85.2 Å². The third-order valence-electron chi connectivity index (χ3n) is 5.99. The summed E-state index contributed by atoms with van der Waals surface area (Å²) in [5.74, 6) is -0.710. The smallest absolute Gasteiger partial charge is 0.293 e. The summed E-state index contributed by atoms with van der Waals surface area (Å²) < 4.78 is 11.4. The maximum Gasteiger partial charge on any atom is 0.293 e. The molecule has 0 N–H and O–H groups in total. The lowest BCUT2D eigenvalue weighted by molar-refractivity contribution is -0.384. The number of rotatable bonds is 3. The van der Waals surface area contributed by atoms with Crippen molar-refractivity contribution in [2.75, 3.05) is 44.3 Å². The Bertz CT molecular complexity index is 729. The van der Waals surface area contributed by atoms with Gasteiger partial charge in [-0.1, -0.05) is 12.8 Å². The molecule has 3 fully saturated rings. The largest absolute Gasteiger partial charge is 0.366 e. The summed E-state index contributed by atoms with van der Waals surface area (Å²) in [5.41, 5.74) is 1.01. The number of ether oxygens (including phenoxy) is 2. The number of amides is 1. The quantitative estimate of drug-likeness (QED) is 0.584. The fourth-order valence-electron chi connectivity index (χ4n) is 4.40. The minimum atomic E-state index is -0.542. The summed E-state index contributed by atoms with van der Waals surface area (Å²) in [5, 5.41) is 11.7. The second-order valence-electron chi connectivity index (χ2n) is 7.76. The van der Waals surface area contributed by atoms with Crippen LogP contribution in [0.3, 0.4) is 0 Å². The molecule has 0 aliphatic carbocycles. The maximum atomic E-state index is 12.9. The number of carbonyl (C=O) groups is 1. The molecule has 1 aromatic rings. The average molecular weight is 389 g/mol. The zero-order valence-corrected chi connectivity index (χ0v) is 16.1. The number of benzene rings is 1. The molecule has 3 aliphatic heterocycles. The van der Waals surface area contributed by atoms with E-state index >= 15 is 0 Å². The first kappa shape index (κ1) is 19.1. The van der Waals surface area contributed by atoms with Crippen molar-refractivity contribution in [1.82, 2.24) is 4.90 Å². The fourth-order valence-corrected chi connectivity index (χ4v) is 4.40. The van der Waals surface area contributed by atoms with Crippen molar-refractivity contribution in [2.45, 2.75) is 44.3 Å². The molecule has 3 saturated heterocycles. The van der Waals surface area contributed by atoms with Gasteiger partial charge in [0.15, 0.2) is 5.79 Å². The van der Waals surface area contributed by atoms with Gasteiger partial charge >= 0.3 is 0 Å². The molecular weight excluding hydrogens is 362 g/mol. The molecule has 0 unspecified atom stereocenters. The van der Waals surface area contributed by atoms with Crippen LogP contribution in [-0.2, 0) is 9.47 Å². The fraction of sp³-hybridized carbons (Fsp3) is 0.650. The van der Waals surface area contributed by atoms with E-state index in [1.54, 1.807) is 17.0 Å². The van der Waals surface area contributed by atoms with Crippen molar-refractivity contribution >= 4 is 17.3 Å². The zero-order chi connectivity index (χ0) is 19.6. The van der Waals surface area contributed by atoms with Gasteiger partial charge in [0.2, 0.25) is 0 Å². The van der Waals surface area contributed by atoms with Crippen LogP contribution in [0.4, 0.5) is 11.4 Å². The van der Waals surface area contributed by atoms with E-state index in [-0.39, 0.29) is 16.5 Å². The van der Waals surface area contributed by atoms with Crippen LogP contribution >= 0.6 is 0 Å². The van der Waals surface area contributed by atoms with E-state index in [9.17, 15) is 14.9 Å². The highest BCUT2D eigenvalue weighted by atomic mass is 16.7. The summed E-state index contributed by atoms with van der Waals surface area (Å²) >= 11 is 0. The molecule has 0 bridgehead atoms. The van der Waals surface area contributed by atoms with E-state index in [4.69, 9.17) is 9.47 Å². The summed E-state index contributed by atoms with van der Waals surface area (Å²) in [4.78, 5) is 28.1. The molecule has 0 saturated carbocycles. The highest BCUT2D eigenvalue weighted by molar-refractivity contribution is 5.96. The minimum Gasteiger partial charge on any atom is -0.366 e. The Kier molecular flexibility index (Phi) is 5.50. The molecule has 1 amide bonds. The van der Waals surface area contributed by atoms with E-state index in [0.29, 0.717) is 50.4 Å². The predicted octanol–water partition coefficient (Wildman–Crippen LogP) is 2.95. The number of anilines is 1. The Hall–Kier alpha value is -2.19. The van der Waals surface area contributed by atoms with Crippen molar-refractivity contribution in [3.8, 4) is 0 Å². The van der Waals surface area contributed by atoms with Gasteiger partial charge in [0, 0.05) is 50.7 Å². The maximum absolute atomic E-state index is 12.9. The molecule has 8 nitrogen and oxygen atoms in total.